The smallest absolute Gasteiger partial charge is 0.244 e. The Kier molecular flexibility index (Phi) is 9.34. The molecule has 4 aromatic carbocycles. The van der Waals surface area contributed by atoms with Gasteiger partial charge in [-0.05, 0) is 53.6 Å². The number of hydrogen-bond donors (Lipinski definition) is 2. The normalized spacial score (nSPS) is 11.6. The van der Waals surface area contributed by atoms with Crippen LogP contribution in [-0.2, 0) is 16.0 Å². The molecule has 1 aromatic heterocycles. The molecule has 0 bridgehead atoms. The molecule has 1 atom stereocenters. The number of anilines is 2. The molecule has 0 aliphatic carbocycles. The van der Waals surface area contributed by atoms with Gasteiger partial charge in [-0.25, -0.2) is 4.98 Å². The predicted molar refractivity (Wildman–Crippen MR) is 169 cm³/mol. The van der Waals surface area contributed by atoms with E-state index in [9.17, 15) is 9.59 Å². The molecule has 0 aliphatic heterocycles. The van der Waals surface area contributed by atoms with Crippen molar-refractivity contribution in [1.82, 2.24) is 4.98 Å². The summed E-state index contributed by atoms with van der Waals surface area (Å²) in [5.74, 6) is -0.308. The van der Waals surface area contributed by atoms with Crippen LogP contribution in [0, 0.1) is 0 Å². The lowest BCUT2D eigenvalue weighted by Gasteiger charge is -2.17. The maximum atomic E-state index is 13.5. The number of thioether (sulfide) groups is 1. The molecule has 0 saturated carbocycles. The molecule has 1 heterocycles. The molecule has 0 saturated heterocycles. The van der Waals surface area contributed by atoms with Gasteiger partial charge in [0.1, 0.15) is 5.25 Å². The first-order chi connectivity index (χ1) is 19.4. The van der Waals surface area contributed by atoms with E-state index in [0.29, 0.717) is 15.8 Å². The van der Waals surface area contributed by atoms with E-state index in [1.165, 1.54) is 23.1 Å². The Morgan fingerprint density at radius 3 is 2.40 bits per heavy atom. The van der Waals surface area contributed by atoms with Crippen LogP contribution in [0.25, 0.3) is 11.3 Å². The van der Waals surface area contributed by atoms with Gasteiger partial charge < -0.3 is 10.6 Å². The monoisotopic (exact) mass is 647 g/mol. The Balaban J connectivity index is 1.29. The van der Waals surface area contributed by atoms with E-state index in [0.717, 1.165) is 31.8 Å². The van der Waals surface area contributed by atoms with Gasteiger partial charge in [0.15, 0.2) is 5.13 Å². The second kappa shape index (κ2) is 13.3. The zero-order valence-corrected chi connectivity index (χ0v) is 25.0. The summed E-state index contributed by atoms with van der Waals surface area (Å²) >= 11 is 12.2. The van der Waals surface area contributed by atoms with E-state index in [-0.39, 0.29) is 18.2 Å². The Bertz CT molecular complexity index is 1610. The molecule has 0 fully saturated rings. The maximum Gasteiger partial charge on any atom is 0.244 e. The average molecular weight is 649 g/mol. The van der Waals surface area contributed by atoms with Crippen LogP contribution < -0.4 is 10.6 Å². The zero-order valence-electron chi connectivity index (χ0n) is 21.0. The van der Waals surface area contributed by atoms with Gasteiger partial charge in [0.25, 0.3) is 0 Å². The third kappa shape index (κ3) is 7.61. The predicted octanol–water partition coefficient (Wildman–Crippen LogP) is 8.88. The fourth-order valence-electron chi connectivity index (χ4n) is 3.93. The number of halogens is 2. The fraction of sp³-hybridized carbons (Fsp3) is 0.0645. The number of amides is 2. The lowest BCUT2D eigenvalue weighted by molar-refractivity contribution is -0.116. The van der Waals surface area contributed by atoms with Crippen LogP contribution in [-0.4, -0.2) is 16.8 Å². The second-order valence-corrected chi connectivity index (χ2v) is 12.2. The Morgan fingerprint density at radius 1 is 0.900 bits per heavy atom. The topological polar surface area (TPSA) is 71.1 Å². The number of aromatic nitrogens is 1. The zero-order chi connectivity index (χ0) is 27.9. The van der Waals surface area contributed by atoms with Crippen molar-refractivity contribution in [2.24, 2.45) is 0 Å². The number of nitrogens with one attached hydrogen (secondary N) is 2. The molecule has 5 rings (SSSR count). The standard InChI is InChI=1S/C31H23BrClN3O2S2/c32-23-13-11-21(12-14-23)27-19-39-31(35-27)36-30(38)29(22-5-2-1-3-6-22)40-26-8-4-7-25(18-26)34-28(37)17-20-9-15-24(33)16-10-20/h1-16,18-19,29H,17H2,(H,34,37)(H,35,36,38). The molecule has 0 radical (unpaired) electrons. The highest BCUT2D eigenvalue weighted by atomic mass is 79.9. The molecule has 0 spiro atoms. The first-order valence-electron chi connectivity index (χ1n) is 12.3. The molecule has 5 nitrogen and oxygen atoms in total. The van der Waals surface area contributed by atoms with Crippen molar-refractivity contribution in [1.29, 1.82) is 0 Å². The number of hydrogen-bond acceptors (Lipinski definition) is 5. The maximum absolute atomic E-state index is 13.5. The summed E-state index contributed by atoms with van der Waals surface area (Å²) in [5, 5.41) is 8.52. The van der Waals surface area contributed by atoms with E-state index >= 15 is 0 Å². The van der Waals surface area contributed by atoms with Gasteiger partial charge >= 0.3 is 0 Å². The quantitative estimate of drug-likeness (QED) is 0.157. The summed E-state index contributed by atoms with van der Waals surface area (Å²) < 4.78 is 0.993. The van der Waals surface area contributed by atoms with Gasteiger partial charge in [0.05, 0.1) is 12.1 Å². The summed E-state index contributed by atoms with van der Waals surface area (Å²) in [6.45, 7) is 0. The molecular formula is C31H23BrClN3O2S2. The number of carbonyl (C=O) groups excluding carboxylic acids is 2. The van der Waals surface area contributed by atoms with Crippen molar-refractivity contribution < 1.29 is 9.59 Å². The molecule has 2 amide bonds. The van der Waals surface area contributed by atoms with Crippen molar-refractivity contribution in [3.8, 4) is 11.3 Å². The molecule has 200 valence electrons. The van der Waals surface area contributed by atoms with E-state index in [2.05, 4.69) is 31.5 Å². The summed E-state index contributed by atoms with van der Waals surface area (Å²) in [4.78, 5) is 31.7. The minimum absolute atomic E-state index is 0.132. The third-order valence-corrected chi connectivity index (χ3v) is 8.65. The molecule has 9 heteroatoms. The fourth-order valence-corrected chi connectivity index (χ4v) is 6.13. The van der Waals surface area contributed by atoms with Crippen molar-refractivity contribution in [2.75, 3.05) is 10.6 Å². The number of nitrogens with zero attached hydrogens (tertiary/aromatic N) is 1. The van der Waals surface area contributed by atoms with Crippen molar-refractivity contribution in [2.45, 2.75) is 16.6 Å². The first-order valence-corrected chi connectivity index (χ1v) is 15.2. The van der Waals surface area contributed by atoms with Crippen LogP contribution in [0.5, 0.6) is 0 Å². The van der Waals surface area contributed by atoms with Gasteiger partial charge in [-0.1, -0.05) is 88.2 Å². The van der Waals surface area contributed by atoms with Gasteiger partial charge in [0.2, 0.25) is 11.8 Å². The van der Waals surface area contributed by atoms with E-state index in [1.54, 1.807) is 12.1 Å². The summed E-state index contributed by atoms with van der Waals surface area (Å²) in [5.41, 5.74) is 4.18. The van der Waals surface area contributed by atoms with Crippen LogP contribution in [0.2, 0.25) is 5.02 Å². The molecular weight excluding hydrogens is 626 g/mol. The van der Waals surface area contributed by atoms with Crippen molar-refractivity contribution >= 4 is 73.3 Å². The Hall–Kier alpha value is -3.43. The lowest BCUT2D eigenvalue weighted by Crippen LogP contribution is -2.19. The van der Waals surface area contributed by atoms with E-state index in [4.69, 9.17) is 11.6 Å². The highest BCUT2D eigenvalue weighted by Gasteiger charge is 2.23. The highest BCUT2D eigenvalue weighted by Crippen LogP contribution is 2.38. The van der Waals surface area contributed by atoms with Gasteiger partial charge in [-0.2, -0.15) is 0 Å². The highest BCUT2D eigenvalue weighted by molar-refractivity contribution is 9.10. The van der Waals surface area contributed by atoms with E-state index in [1.807, 2.05) is 96.4 Å². The Labute approximate surface area is 254 Å². The number of thiazole rings is 1. The van der Waals surface area contributed by atoms with Crippen LogP contribution in [0.15, 0.2) is 118 Å². The number of benzene rings is 4. The average Bonchev–Trinajstić information content (AvgIpc) is 3.42. The lowest BCUT2D eigenvalue weighted by atomic mass is 10.1. The van der Waals surface area contributed by atoms with E-state index < -0.39 is 5.25 Å². The van der Waals surface area contributed by atoms with Crippen LogP contribution in [0.1, 0.15) is 16.4 Å². The minimum Gasteiger partial charge on any atom is -0.326 e. The molecule has 40 heavy (non-hydrogen) atoms. The number of carbonyl (C=O) groups is 2. The minimum atomic E-state index is -0.527. The summed E-state index contributed by atoms with van der Waals surface area (Å²) in [6, 6.07) is 32.2. The van der Waals surface area contributed by atoms with Crippen LogP contribution >= 0.6 is 50.6 Å². The largest absolute Gasteiger partial charge is 0.326 e. The third-order valence-electron chi connectivity index (χ3n) is 5.86. The molecule has 1 unspecified atom stereocenters. The summed E-state index contributed by atoms with van der Waals surface area (Å²) in [7, 11) is 0. The van der Waals surface area contributed by atoms with Gasteiger partial charge in [-0.3, -0.25) is 9.59 Å². The van der Waals surface area contributed by atoms with Gasteiger partial charge in [0, 0.05) is 31.0 Å². The van der Waals surface area contributed by atoms with Crippen LogP contribution in [0.3, 0.4) is 0 Å². The molecule has 5 aromatic rings. The molecule has 2 N–H and O–H groups in total. The first kappa shape index (κ1) is 28.1. The summed E-state index contributed by atoms with van der Waals surface area (Å²) in [6.07, 6.45) is 0.236. The second-order valence-electron chi connectivity index (χ2n) is 8.82. The SMILES string of the molecule is O=C(Cc1ccc(Cl)cc1)Nc1cccc(SC(C(=O)Nc2nc(-c3ccc(Br)cc3)cs2)c2ccccc2)c1. The number of rotatable bonds is 9. The molecule has 0 aliphatic rings. The van der Waals surface area contributed by atoms with Crippen LogP contribution in [0.4, 0.5) is 10.8 Å². The van der Waals surface area contributed by atoms with Crippen molar-refractivity contribution in [3.63, 3.8) is 0 Å². The Morgan fingerprint density at radius 2 is 1.65 bits per heavy atom. The van der Waals surface area contributed by atoms with Crippen molar-refractivity contribution in [3.05, 3.63) is 129 Å². The van der Waals surface area contributed by atoms with Gasteiger partial charge in [-0.15, -0.1) is 23.1 Å².